The molecule has 2 aromatic heterocycles. The number of hydrogen-bond acceptors (Lipinski definition) is 2. The van der Waals surface area contributed by atoms with Gasteiger partial charge in [0.2, 0.25) is 0 Å². The van der Waals surface area contributed by atoms with Crippen LogP contribution < -0.4 is 0 Å². The first kappa shape index (κ1) is 11.6. The summed E-state index contributed by atoms with van der Waals surface area (Å²) in [5.74, 6) is -0.598. The molecule has 0 unspecified atom stereocenters. The molecular weight excluding hydrogens is 216 g/mol. The van der Waals surface area contributed by atoms with Gasteiger partial charge in [-0.05, 0) is 30.5 Å². The number of aliphatic carboxylic acids is 1. The molecule has 2 heterocycles. The van der Waals surface area contributed by atoms with Gasteiger partial charge in [0.15, 0.2) is 0 Å². The molecule has 0 aromatic carbocycles. The summed E-state index contributed by atoms with van der Waals surface area (Å²) in [7, 11) is 0. The van der Waals surface area contributed by atoms with Crippen LogP contribution in [0.4, 0.5) is 0 Å². The molecular formula is C13H16N2O2. The Bertz CT molecular complexity index is 570. The van der Waals surface area contributed by atoms with E-state index in [0.29, 0.717) is 0 Å². The van der Waals surface area contributed by atoms with E-state index in [0.717, 1.165) is 22.6 Å². The van der Waals surface area contributed by atoms with Crippen LogP contribution in [0.2, 0.25) is 0 Å². The summed E-state index contributed by atoms with van der Waals surface area (Å²) >= 11 is 0. The number of aromatic nitrogens is 2. The standard InChI is InChI=1S/C13H16N2O2/c1-8(2)13-10(7-12(16)17)15-5-4-9(3)6-11(15)14-13/h4-6,8H,7H2,1-3H3,(H,16,17). The highest BCUT2D eigenvalue weighted by molar-refractivity contribution is 5.70. The molecule has 0 aliphatic rings. The maximum Gasteiger partial charge on any atom is 0.309 e. The zero-order valence-corrected chi connectivity index (χ0v) is 10.3. The average molecular weight is 232 g/mol. The SMILES string of the molecule is Cc1ccn2c(CC(=O)O)c(C(C)C)nc2c1. The van der Waals surface area contributed by atoms with E-state index in [1.165, 1.54) is 0 Å². The predicted molar refractivity (Wildman–Crippen MR) is 65.4 cm³/mol. The van der Waals surface area contributed by atoms with Gasteiger partial charge in [-0.3, -0.25) is 4.79 Å². The number of pyridine rings is 1. The van der Waals surface area contributed by atoms with E-state index in [9.17, 15) is 4.79 Å². The Kier molecular flexibility index (Phi) is 2.88. The lowest BCUT2D eigenvalue weighted by Gasteiger charge is -2.04. The number of aryl methyl sites for hydroxylation is 1. The van der Waals surface area contributed by atoms with Crippen LogP contribution in [0.15, 0.2) is 18.3 Å². The number of rotatable bonds is 3. The first-order valence-corrected chi connectivity index (χ1v) is 5.68. The van der Waals surface area contributed by atoms with Crippen molar-refractivity contribution < 1.29 is 9.90 Å². The van der Waals surface area contributed by atoms with E-state index in [2.05, 4.69) is 4.98 Å². The van der Waals surface area contributed by atoms with Gasteiger partial charge in [0.25, 0.3) is 0 Å². The summed E-state index contributed by atoms with van der Waals surface area (Å²) in [4.78, 5) is 15.4. The van der Waals surface area contributed by atoms with Crippen LogP contribution >= 0.6 is 0 Å². The Morgan fingerprint density at radius 3 is 2.82 bits per heavy atom. The Hall–Kier alpha value is -1.84. The lowest BCUT2D eigenvalue weighted by molar-refractivity contribution is -0.136. The molecule has 2 aromatic rings. The van der Waals surface area contributed by atoms with E-state index >= 15 is 0 Å². The first-order valence-electron chi connectivity index (χ1n) is 5.68. The third-order valence-corrected chi connectivity index (χ3v) is 2.78. The highest BCUT2D eigenvalue weighted by Crippen LogP contribution is 2.21. The minimum absolute atomic E-state index is 0.0116. The van der Waals surface area contributed by atoms with Gasteiger partial charge in [-0.15, -0.1) is 0 Å². The molecule has 4 heteroatoms. The van der Waals surface area contributed by atoms with Crippen molar-refractivity contribution in [3.63, 3.8) is 0 Å². The van der Waals surface area contributed by atoms with E-state index in [1.54, 1.807) is 0 Å². The van der Waals surface area contributed by atoms with E-state index in [-0.39, 0.29) is 12.3 Å². The van der Waals surface area contributed by atoms with Crippen molar-refractivity contribution in [2.75, 3.05) is 0 Å². The predicted octanol–water partition coefficient (Wildman–Crippen LogP) is 2.39. The molecule has 17 heavy (non-hydrogen) atoms. The third kappa shape index (κ3) is 2.16. The second kappa shape index (κ2) is 4.20. The molecule has 0 fully saturated rings. The van der Waals surface area contributed by atoms with Gasteiger partial charge in [0.05, 0.1) is 17.8 Å². The first-order chi connectivity index (χ1) is 7.99. The number of hydrogen-bond donors (Lipinski definition) is 1. The molecule has 0 saturated heterocycles. The molecule has 0 aliphatic carbocycles. The quantitative estimate of drug-likeness (QED) is 0.884. The smallest absolute Gasteiger partial charge is 0.309 e. The minimum atomic E-state index is -0.825. The van der Waals surface area contributed by atoms with Crippen LogP contribution in [0.25, 0.3) is 5.65 Å². The fourth-order valence-electron chi connectivity index (χ4n) is 2.00. The summed E-state index contributed by atoms with van der Waals surface area (Å²) < 4.78 is 1.87. The highest BCUT2D eigenvalue weighted by atomic mass is 16.4. The molecule has 2 rings (SSSR count). The number of carbonyl (C=O) groups is 1. The fourth-order valence-corrected chi connectivity index (χ4v) is 2.00. The molecule has 0 atom stereocenters. The molecule has 0 amide bonds. The lowest BCUT2D eigenvalue weighted by Crippen LogP contribution is -2.06. The molecule has 1 N–H and O–H groups in total. The van der Waals surface area contributed by atoms with Gasteiger partial charge in [0.1, 0.15) is 5.65 Å². The summed E-state index contributed by atoms with van der Waals surface area (Å²) in [5, 5.41) is 8.96. The summed E-state index contributed by atoms with van der Waals surface area (Å²) in [6, 6.07) is 3.93. The van der Waals surface area contributed by atoms with Crippen molar-refractivity contribution in [1.82, 2.24) is 9.38 Å². The van der Waals surface area contributed by atoms with E-state index in [4.69, 9.17) is 5.11 Å². The lowest BCUT2D eigenvalue weighted by atomic mass is 10.1. The minimum Gasteiger partial charge on any atom is -0.481 e. The van der Waals surface area contributed by atoms with Gasteiger partial charge < -0.3 is 9.51 Å². The second-order valence-electron chi connectivity index (χ2n) is 4.60. The van der Waals surface area contributed by atoms with Crippen molar-refractivity contribution in [1.29, 1.82) is 0 Å². The molecule has 0 bridgehead atoms. The second-order valence-corrected chi connectivity index (χ2v) is 4.60. The number of carboxylic acid groups (broad SMARTS) is 1. The summed E-state index contributed by atoms with van der Waals surface area (Å²) in [6.45, 7) is 6.06. The van der Waals surface area contributed by atoms with E-state index in [1.807, 2.05) is 43.5 Å². The Morgan fingerprint density at radius 2 is 2.24 bits per heavy atom. The van der Waals surface area contributed by atoms with Crippen molar-refractivity contribution >= 4 is 11.6 Å². The molecule has 4 nitrogen and oxygen atoms in total. The maximum absolute atomic E-state index is 10.9. The van der Waals surface area contributed by atoms with Crippen LogP contribution in [0.1, 0.15) is 36.7 Å². The average Bonchev–Trinajstić information content (AvgIpc) is 2.55. The van der Waals surface area contributed by atoms with Crippen LogP contribution in [0, 0.1) is 6.92 Å². The zero-order chi connectivity index (χ0) is 12.6. The van der Waals surface area contributed by atoms with Gasteiger partial charge in [-0.2, -0.15) is 0 Å². The Labute approximate surface area is 99.9 Å². The normalized spacial score (nSPS) is 11.3. The van der Waals surface area contributed by atoms with Crippen molar-refractivity contribution in [2.45, 2.75) is 33.1 Å². The molecule has 0 aliphatic heterocycles. The van der Waals surface area contributed by atoms with Gasteiger partial charge in [-0.25, -0.2) is 4.98 Å². The molecule has 0 spiro atoms. The number of carboxylic acids is 1. The topological polar surface area (TPSA) is 54.6 Å². The monoisotopic (exact) mass is 232 g/mol. The van der Waals surface area contributed by atoms with Crippen LogP contribution in [0.5, 0.6) is 0 Å². The zero-order valence-electron chi connectivity index (χ0n) is 10.3. The van der Waals surface area contributed by atoms with Crippen LogP contribution in [-0.2, 0) is 11.2 Å². The third-order valence-electron chi connectivity index (χ3n) is 2.78. The van der Waals surface area contributed by atoms with Gasteiger partial charge in [-0.1, -0.05) is 13.8 Å². The highest BCUT2D eigenvalue weighted by Gasteiger charge is 2.17. The van der Waals surface area contributed by atoms with Crippen LogP contribution in [-0.4, -0.2) is 20.5 Å². The fraction of sp³-hybridized carbons (Fsp3) is 0.385. The maximum atomic E-state index is 10.9. The number of imidazole rings is 1. The molecule has 0 radical (unpaired) electrons. The summed E-state index contributed by atoms with van der Waals surface area (Å²) in [6.07, 6.45) is 1.90. The Balaban J connectivity index is 2.66. The number of fused-ring (bicyclic) bond motifs is 1. The summed E-state index contributed by atoms with van der Waals surface area (Å²) in [5.41, 5.74) is 3.60. The molecule has 0 saturated carbocycles. The van der Waals surface area contributed by atoms with Crippen molar-refractivity contribution in [3.05, 3.63) is 35.3 Å². The van der Waals surface area contributed by atoms with Gasteiger partial charge >= 0.3 is 5.97 Å². The van der Waals surface area contributed by atoms with Crippen LogP contribution in [0.3, 0.4) is 0 Å². The Morgan fingerprint density at radius 1 is 1.53 bits per heavy atom. The molecule has 90 valence electrons. The largest absolute Gasteiger partial charge is 0.481 e. The van der Waals surface area contributed by atoms with E-state index < -0.39 is 5.97 Å². The van der Waals surface area contributed by atoms with Gasteiger partial charge in [0, 0.05) is 6.20 Å². The number of nitrogens with zero attached hydrogens (tertiary/aromatic N) is 2. The van der Waals surface area contributed by atoms with Crippen molar-refractivity contribution in [2.24, 2.45) is 0 Å². The van der Waals surface area contributed by atoms with Crippen molar-refractivity contribution in [3.8, 4) is 0 Å².